The van der Waals surface area contributed by atoms with E-state index in [1.807, 2.05) is 68.8 Å². The molecule has 6 nitrogen and oxygen atoms in total. The Bertz CT molecular complexity index is 1160. The van der Waals surface area contributed by atoms with Gasteiger partial charge in [0.15, 0.2) is 5.82 Å². The maximum Gasteiger partial charge on any atom is 0.161 e. The molecule has 1 aliphatic carbocycles. The Labute approximate surface area is 215 Å². The first kappa shape index (κ1) is 27.1. The highest BCUT2D eigenvalue weighted by molar-refractivity contribution is 6.12. The average molecular weight is 486 g/mol. The van der Waals surface area contributed by atoms with Crippen molar-refractivity contribution < 1.29 is 5.11 Å². The van der Waals surface area contributed by atoms with E-state index in [1.165, 1.54) is 0 Å². The van der Waals surface area contributed by atoms with Gasteiger partial charge in [-0.05, 0) is 49.3 Å². The zero-order chi connectivity index (χ0) is 26.1. The Morgan fingerprint density at radius 1 is 1.28 bits per heavy atom. The van der Waals surface area contributed by atoms with Gasteiger partial charge >= 0.3 is 0 Å². The second kappa shape index (κ2) is 13.0. The predicted molar refractivity (Wildman–Crippen MR) is 153 cm³/mol. The normalized spacial score (nSPS) is 18.8. The van der Waals surface area contributed by atoms with E-state index in [0.29, 0.717) is 11.7 Å². The van der Waals surface area contributed by atoms with Gasteiger partial charge in [-0.2, -0.15) is 0 Å². The number of rotatable bonds is 10. The van der Waals surface area contributed by atoms with E-state index in [0.717, 1.165) is 71.5 Å². The molecular formula is C30H39N5O. The smallest absolute Gasteiger partial charge is 0.161 e. The van der Waals surface area contributed by atoms with E-state index >= 15 is 0 Å². The van der Waals surface area contributed by atoms with Crippen LogP contribution in [0.4, 0.5) is 5.82 Å². The van der Waals surface area contributed by atoms with Crippen LogP contribution in [0.5, 0.6) is 0 Å². The minimum absolute atomic E-state index is 0.214. The number of anilines is 1. The Balaban J connectivity index is 2.02. The summed E-state index contributed by atoms with van der Waals surface area (Å²) in [4.78, 5) is 16.0. The Morgan fingerprint density at radius 3 is 2.75 bits per heavy atom. The summed E-state index contributed by atoms with van der Waals surface area (Å²) in [6.45, 7) is 10.7. The van der Waals surface area contributed by atoms with E-state index in [2.05, 4.69) is 35.6 Å². The minimum atomic E-state index is -0.214. The van der Waals surface area contributed by atoms with E-state index in [9.17, 15) is 5.11 Å². The summed E-state index contributed by atoms with van der Waals surface area (Å²) in [7, 11) is 5.74. The molecule has 2 aromatic rings. The Kier molecular flexibility index (Phi) is 9.77. The molecule has 1 aromatic carbocycles. The highest BCUT2D eigenvalue weighted by atomic mass is 16.3. The molecule has 2 atom stereocenters. The number of hydrogen-bond acceptors (Lipinski definition) is 6. The molecule has 1 heterocycles. The fraction of sp³-hybridized carbons (Fsp3) is 0.367. The van der Waals surface area contributed by atoms with Crippen molar-refractivity contribution >= 4 is 23.2 Å². The van der Waals surface area contributed by atoms with Crippen molar-refractivity contribution in [1.29, 1.82) is 0 Å². The topological polar surface area (TPSA) is 73.6 Å². The first-order valence-corrected chi connectivity index (χ1v) is 12.5. The van der Waals surface area contributed by atoms with Gasteiger partial charge in [0.25, 0.3) is 0 Å². The van der Waals surface area contributed by atoms with Crippen LogP contribution in [0, 0.1) is 5.92 Å². The van der Waals surface area contributed by atoms with E-state index < -0.39 is 0 Å². The average Bonchev–Trinajstić information content (AvgIpc) is 2.85. The van der Waals surface area contributed by atoms with Crippen LogP contribution in [0.3, 0.4) is 0 Å². The number of allylic oxidation sites excluding steroid dienone is 5. The fourth-order valence-corrected chi connectivity index (χ4v) is 4.51. The predicted octanol–water partition coefficient (Wildman–Crippen LogP) is 5.86. The zero-order valence-corrected chi connectivity index (χ0v) is 22.0. The lowest BCUT2D eigenvalue weighted by Gasteiger charge is -2.26. The van der Waals surface area contributed by atoms with E-state index in [1.54, 1.807) is 7.05 Å². The molecule has 1 saturated carbocycles. The molecule has 1 aromatic heterocycles. The van der Waals surface area contributed by atoms with Crippen molar-refractivity contribution in [3.63, 3.8) is 0 Å². The van der Waals surface area contributed by atoms with Crippen LogP contribution >= 0.6 is 0 Å². The van der Waals surface area contributed by atoms with Gasteiger partial charge in [0.2, 0.25) is 0 Å². The molecule has 190 valence electrons. The zero-order valence-electron chi connectivity index (χ0n) is 22.0. The molecule has 36 heavy (non-hydrogen) atoms. The van der Waals surface area contributed by atoms with Crippen molar-refractivity contribution in [2.45, 2.75) is 38.7 Å². The first-order valence-electron chi connectivity index (χ1n) is 12.5. The van der Waals surface area contributed by atoms with Gasteiger partial charge in [0.05, 0.1) is 6.10 Å². The molecule has 0 aliphatic heterocycles. The summed E-state index contributed by atoms with van der Waals surface area (Å²) in [5.74, 6) is 1.80. The molecule has 1 aliphatic rings. The maximum absolute atomic E-state index is 10.1. The van der Waals surface area contributed by atoms with Gasteiger partial charge in [0.1, 0.15) is 5.82 Å². The van der Waals surface area contributed by atoms with Crippen LogP contribution in [0.1, 0.15) is 43.7 Å². The highest BCUT2D eigenvalue weighted by Gasteiger charge is 2.21. The third-order valence-corrected chi connectivity index (χ3v) is 6.15. The summed E-state index contributed by atoms with van der Waals surface area (Å²) < 4.78 is 0. The number of nitrogens with zero attached hydrogens (tertiary/aromatic N) is 4. The number of hydrogen-bond donors (Lipinski definition) is 2. The van der Waals surface area contributed by atoms with Gasteiger partial charge < -0.3 is 15.3 Å². The lowest BCUT2D eigenvalue weighted by Crippen LogP contribution is -2.25. The molecule has 0 spiro atoms. The van der Waals surface area contributed by atoms with Gasteiger partial charge in [-0.25, -0.2) is 9.97 Å². The molecule has 6 heteroatoms. The molecule has 1 fully saturated rings. The largest absolute Gasteiger partial charge is 0.393 e. The molecular weight excluding hydrogens is 446 g/mol. The molecule has 0 amide bonds. The molecule has 2 N–H and O–H groups in total. The van der Waals surface area contributed by atoms with Gasteiger partial charge in [-0.1, -0.05) is 55.5 Å². The summed E-state index contributed by atoms with van der Waals surface area (Å²) in [6, 6.07) is 8.19. The lowest BCUT2D eigenvalue weighted by molar-refractivity contribution is 0.104. The SMILES string of the molecule is C=C/C(=C\N(C)C)c1cccc(-c2ncc(C(/C=N\C)=C/C(=C)C)c(NCC3CCCC(O)C3)n2)c1. The highest BCUT2D eigenvalue weighted by Crippen LogP contribution is 2.29. The van der Waals surface area contributed by atoms with Crippen LogP contribution in [0.25, 0.3) is 22.5 Å². The second-order valence-corrected chi connectivity index (χ2v) is 9.69. The molecule has 3 rings (SSSR count). The minimum Gasteiger partial charge on any atom is -0.393 e. The number of aliphatic imine (C=N–C) groups is 1. The van der Waals surface area contributed by atoms with Crippen LogP contribution in [-0.4, -0.2) is 60.0 Å². The van der Waals surface area contributed by atoms with Crippen LogP contribution in [0.15, 0.2) is 72.5 Å². The van der Waals surface area contributed by atoms with Crippen LogP contribution in [0.2, 0.25) is 0 Å². The van der Waals surface area contributed by atoms with Crippen molar-refractivity contribution in [1.82, 2.24) is 14.9 Å². The van der Waals surface area contributed by atoms with Crippen molar-refractivity contribution in [2.75, 3.05) is 33.0 Å². The third-order valence-electron chi connectivity index (χ3n) is 6.15. The second-order valence-electron chi connectivity index (χ2n) is 9.69. The fourth-order valence-electron chi connectivity index (χ4n) is 4.51. The summed E-state index contributed by atoms with van der Waals surface area (Å²) >= 11 is 0. The van der Waals surface area contributed by atoms with Crippen molar-refractivity contribution in [3.8, 4) is 11.4 Å². The third kappa shape index (κ3) is 7.49. The van der Waals surface area contributed by atoms with E-state index in [-0.39, 0.29) is 6.10 Å². The Hall–Kier alpha value is -3.51. The quantitative estimate of drug-likeness (QED) is 0.326. The monoisotopic (exact) mass is 485 g/mol. The number of benzene rings is 1. The van der Waals surface area contributed by atoms with E-state index in [4.69, 9.17) is 9.97 Å². The van der Waals surface area contributed by atoms with Crippen LogP contribution in [-0.2, 0) is 0 Å². The number of aromatic nitrogens is 2. The molecule has 0 radical (unpaired) electrons. The van der Waals surface area contributed by atoms with Crippen LogP contribution < -0.4 is 5.32 Å². The number of aliphatic hydroxyl groups is 1. The lowest BCUT2D eigenvalue weighted by atomic mass is 9.87. The Morgan fingerprint density at radius 2 is 2.08 bits per heavy atom. The standard InChI is InChI=1S/C30H39N5O/c1-7-23(20-35(5)6)24-11-9-12-25(16-24)29-33-19-28(26(18-31-4)14-21(2)3)30(34-29)32-17-22-10-8-13-27(36)15-22/h7,9,11-12,14,16,18-20,22,27,36H,1-2,8,10,13,15,17H2,3-6H3,(H,32,33,34)/b23-20+,26-14+,31-18-. The summed E-state index contributed by atoms with van der Waals surface area (Å²) in [5.41, 5.74) is 5.71. The van der Waals surface area contributed by atoms with Gasteiger partial charge in [-0.3, -0.25) is 4.99 Å². The number of nitrogens with one attached hydrogen (secondary N) is 1. The van der Waals surface area contributed by atoms with Crippen molar-refractivity contribution in [3.05, 3.63) is 78.7 Å². The molecule has 0 bridgehead atoms. The summed E-state index contributed by atoms with van der Waals surface area (Å²) in [5, 5.41) is 13.7. The van der Waals surface area contributed by atoms with Crippen molar-refractivity contribution in [2.24, 2.45) is 10.9 Å². The molecule has 2 unspecified atom stereocenters. The first-order chi connectivity index (χ1) is 17.3. The van der Waals surface area contributed by atoms with Gasteiger partial charge in [-0.15, -0.1) is 0 Å². The number of aliphatic hydroxyl groups excluding tert-OH is 1. The van der Waals surface area contributed by atoms with Gasteiger partial charge in [0, 0.05) is 63.0 Å². The summed E-state index contributed by atoms with van der Waals surface area (Å²) in [6.07, 6.45) is 13.2. The molecule has 0 saturated heterocycles. The maximum atomic E-state index is 10.1.